The van der Waals surface area contributed by atoms with Crippen molar-refractivity contribution in [3.63, 3.8) is 0 Å². The number of H-pyrrole nitrogens is 1. The Balaban J connectivity index is 2.10. The number of hydrogen-bond acceptors (Lipinski definition) is 3. The standard InChI is InChI=1S/C13H13BrN2O2/c14-11-7-6-10(18-11)12-15-9-5-3-1-2-4-8(9)13(17)16-12/h6-7H,1-5H2,(H,15,16,17). The number of nitrogens with zero attached hydrogens (tertiary/aromatic N) is 1. The van der Waals surface area contributed by atoms with Gasteiger partial charge in [-0.25, -0.2) is 4.98 Å². The summed E-state index contributed by atoms with van der Waals surface area (Å²) in [5.41, 5.74) is 1.75. The predicted octanol–water partition coefficient (Wildman–Crippen LogP) is 3.06. The Labute approximate surface area is 113 Å². The number of halogens is 1. The molecule has 18 heavy (non-hydrogen) atoms. The van der Waals surface area contributed by atoms with Crippen molar-refractivity contribution in [1.82, 2.24) is 9.97 Å². The molecule has 0 saturated heterocycles. The molecule has 2 aromatic heterocycles. The first-order valence-corrected chi connectivity index (χ1v) is 6.91. The fourth-order valence-corrected chi connectivity index (χ4v) is 2.64. The summed E-state index contributed by atoms with van der Waals surface area (Å²) in [4.78, 5) is 19.4. The largest absolute Gasteiger partial charge is 0.446 e. The zero-order chi connectivity index (χ0) is 12.5. The van der Waals surface area contributed by atoms with E-state index in [4.69, 9.17) is 4.42 Å². The van der Waals surface area contributed by atoms with Crippen LogP contribution >= 0.6 is 15.9 Å². The number of furan rings is 1. The highest BCUT2D eigenvalue weighted by molar-refractivity contribution is 9.10. The highest BCUT2D eigenvalue weighted by Crippen LogP contribution is 2.23. The smallest absolute Gasteiger partial charge is 0.254 e. The van der Waals surface area contributed by atoms with Gasteiger partial charge in [0.1, 0.15) is 0 Å². The Morgan fingerprint density at radius 1 is 1.22 bits per heavy atom. The van der Waals surface area contributed by atoms with Gasteiger partial charge in [-0.2, -0.15) is 0 Å². The highest BCUT2D eigenvalue weighted by Gasteiger charge is 2.16. The molecule has 94 valence electrons. The molecule has 0 unspecified atom stereocenters. The minimum absolute atomic E-state index is 0.0237. The molecule has 0 atom stereocenters. The monoisotopic (exact) mass is 308 g/mol. The summed E-state index contributed by atoms with van der Waals surface area (Å²) in [6.45, 7) is 0. The van der Waals surface area contributed by atoms with Gasteiger partial charge in [-0.05, 0) is 53.7 Å². The zero-order valence-electron chi connectivity index (χ0n) is 9.83. The lowest BCUT2D eigenvalue weighted by atomic mass is 10.1. The summed E-state index contributed by atoms with van der Waals surface area (Å²) in [7, 11) is 0. The quantitative estimate of drug-likeness (QED) is 0.824. The molecule has 3 rings (SSSR count). The number of hydrogen-bond donors (Lipinski definition) is 1. The Morgan fingerprint density at radius 2 is 2.06 bits per heavy atom. The van der Waals surface area contributed by atoms with E-state index in [2.05, 4.69) is 25.9 Å². The molecule has 4 nitrogen and oxygen atoms in total. The normalized spacial score (nSPS) is 15.2. The maximum atomic E-state index is 12.1. The molecule has 1 aliphatic rings. The van der Waals surface area contributed by atoms with Crippen molar-refractivity contribution >= 4 is 15.9 Å². The van der Waals surface area contributed by atoms with Crippen molar-refractivity contribution in [2.75, 3.05) is 0 Å². The summed E-state index contributed by atoms with van der Waals surface area (Å²) in [5, 5.41) is 0. The first kappa shape index (κ1) is 11.7. The van der Waals surface area contributed by atoms with Gasteiger partial charge in [-0.1, -0.05) is 6.42 Å². The molecule has 1 N–H and O–H groups in total. The van der Waals surface area contributed by atoms with Gasteiger partial charge in [0.2, 0.25) is 0 Å². The fraction of sp³-hybridized carbons (Fsp3) is 0.385. The maximum absolute atomic E-state index is 12.1. The average molecular weight is 309 g/mol. The first-order chi connectivity index (χ1) is 8.74. The van der Waals surface area contributed by atoms with Crippen LogP contribution in [-0.2, 0) is 12.8 Å². The van der Waals surface area contributed by atoms with Crippen LogP contribution in [0.4, 0.5) is 0 Å². The van der Waals surface area contributed by atoms with E-state index in [1.54, 1.807) is 12.1 Å². The maximum Gasteiger partial charge on any atom is 0.254 e. The van der Waals surface area contributed by atoms with Gasteiger partial charge >= 0.3 is 0 Å². The third-order valence-electron chi connectivity index (χ3n) is 3.25. The molecule has 0 radical (unpaired) electrons. The fourth-order valence-electron chi connectivity index (χ4n) is 2.34. The highest BCUT2D eigenvalue weighted by atomic mass is 79.9. The van der Waals surface area contributed by atoms with E-state index in [0.29, 0.717) is 16.3 Å². The Kier molecular flexibility index (Phi) is 3.07. The third-order valence-corrected chi connectivity index (χ3v) is 3.67. The number of rotatable bonds is 1. The second kappa shape index (κ2) is 4.72. The van der Waals surface area contributed by atoms with Gasteiger partial charge in [0.05, 0.1) is 5.69 Å². The number of aromatic nitrogens is 2. The second-order valence-corrected chi connectivity index (χ2v) is 5.29. The predicted molar refractivity (Wildman–Crippen MR) is 71.5 cm³/mol. The summed E-state index contributed by atoms with van der Waals surface area (Å²) in [6.07, 6.45) is 5.06. The van der Waals surface area contributed by atoms with Crippen LogP contribution in [0.15, 0.2) is 26.0 Å². The van der Waals surface area contributed by atoms with E-state index in [-0.39, 0.29) is 5.56 Å². The number of nitrogens with one attached hydrogen (secondary N) is 1. The molecule has 0 saturated carbocycles. The van der Waals surface area contributed by atoms with E-state index < -0.39 is 0 Å². The summed E-state index contributed by atoms with van der Waals surface area (Å²) >= 11 is 3.25. The van der Waals surface area contributed by atoms with Gasteiger partial charge in [0.25, 0.3) is 5.56 Å². The van der Waals surface area contributed by atoms with Gasteiger partial charge < -0.3 is 9.40 Å². The number of aryl methyl sites for hydroxylation is 1. The van der Waals surface area contributed by atoms with Gasteiger partial charge in [0.15, 0.2) is 16.3 Å². The summed E-state index contributed by atoms with van der Waals surface area (Å²) in [6, 6.07) is 3.59. The molecular formula is C13H13BrN2O2. The SMILES string of the molecule is O=c1[nH]c(-c2ccc(Br)o2)nc2c1CCCCC2. The molecule has 0 fully saturated rings. The Hall–Kier alpha value is -1.36. The second-order valence-electron chi connectivity index (χ2n) is 4.50. The van der Waals surface area contributed by atoms with Crippen molar-refractivity contribution in [1.29, 1.82) is 0 Å². The molecule has 0 bridgehead atoms. The van der Waals surface area contributed by atoms with E-state index in [0.717, 1.165) is 43.4 Å². The Bertz CT molecular complexity index is 630. The van der Waals surface area contributed by atoms with Crippen LogP contribution in [0.25, 0.3) is 11.6 Å². The van der Waals surface area contributed by atoms with Crippen LogP contribution in [-0.4, -0.2) is 9.97 Å². The molecule has 5 heteroatoms. The molecule has 1 aliphatic carbocycles. The van der Waals surface area contributed by atoms with Gasteiger partial charge in [-0.15, -0.1) is 0 Å². The lowest BCUT2D eigenvalue weighted by molar-refractivity contribution is 0.550. The third kappa shape index (κ3) is 2.14. The van der Waals surface area contributed by atoms with Crippen LogP contribution in [0, 0.1) is 0 Å². The minimum atomic E-state index is -0.0237. The molecule has 0 aliphatic heterocycles. The van der Waals surface area contributed by atoms with Crippen molar-refractivity contribution in [2.45, 2.75) is 32.1 Å². The van der Waals surface area contributed by atoms with Crippen molar-refractivity contribution < 1.29 is 4.42 Å². The van der Waals surface area contributed by atoms with E-state index in [1.165, 1.54) is 0 Å². The molecule has 0 spiro atoms. The van der Waals surface area contributed by atoms with Crippen molar-refractivity contribution in [3.05, 3.63) is 38.4 Å². The number of aromatic amines is 1. The lowest BCUT2D eigenvalue weighted by Crippen LogP contribution is -2.17. The van der Waals surface area contributed by atoms with Crippen molar-refractivity contribution in [2.24, 2.45) is 0 Å². The number of fused-ring (bicyclic) bond motifs is 1. The molecule has 2 aromatic rings. The summed E-state index contributed by atoms with van der Waals surface area (Å²) in [5.74, 6) is 1.11. The van der Waals surface area contributed by atoms with Gasteiger partial charge in [-0.3, -0.25) is 4.79 Å². The Morgan fingerprint density at radius 3 is 2.83 bits per heavy atom. The topological polar surface area (TPSA) is 58.9 Å². The van der Waals surface area contributed by atoms with E-state index >= 15 is 0 Å². The van der Waals surface area contributed by atoms with Crippen LogP contribution < -0.4 is 5.56 Å². The van der Waals surface area contributed by atoms with Crippen molar-refractivity contribution in [3.8, 4) is 11.6 Å². The van der Waals surface area contributed by atoms with Crippen LogP contribution in [0.2, 0.25) is 0 Å². The van der Waals surface area contributed by atoms with Gasteiger partial charge in [0, 0.05) is 5.56 Å². The van der Waals surface area contributed by atoms with Crippen LogP contribution in [0.1, 0.15) is 30.5 Å². The van der Waals surface area contributed by atoms with Crippen LogP contribution in [0.5, 0.6) is 0 Å². The molecule has 0 amide bonds. The lowest BCUT2D eigenvalue weighted by Gasteiger charge is -2.05. The average Bonchev–Trinajstić information content (AvgIpc) is 2.63. The van der Waals surface area contributed by atoms with E-state index in [9.17, 15) is 4.79 Å². The summed E-state index contributed by atoms with van der Waals surface area (Å²) < 4.78 is 6.07. The molecule has 2 heterocycles. The molecular weight excluding hydrogens is 296 g/mol. The zero-order valence-corrected chi connectivity index (χ0v) is 11.4. The van der Waals surface area contributed by atoms with E-state index in [1.807, 2.05) is 0 Å². The van der Waals surface area contributed by atoms with Crippen LogP contribution in [0.3, 0.4) is 0 Å². The minimum Gasteiger partial charge on any atom is -0.446 e. The molecule has 0 aromatic carbocycles. The first-order valence-electron chi connectivity index (χ1n) is 6.12.